The van der Waals surface area contributed by atoms with Crippen LogP contribution < -0.4 is 20.3 Å². The number of amides is 2. The number of nitrogens with zero attached hydrogens (tertiary/aromatic N) is 5. The second-order valence-electron chi connectivity index (χ2n) is 12.9. The number of H-pyrrole nitrogens is 1. The van der Waals surface area contributed by atoms with Gasteiger partial charge in [0.2, 0.25) is 5.91 Å². The van der Waals surface area contributed by atoms with Gasteiger partial charge in [-0.2, -0.15) is 5.26 Å². The number of aromatic nitrogens is 4. The summed E-state index contributed by atoms with van der Waals surface area (Å²) in [4.78, 5) is 32.0. The van der Waals surface area contributed by atoms with Crippen LogP contribution >= 0.6 is 0 Å². The van der Waals surface area contributed by atoms with E-state index in [9.17, 15) is 14.9 Å². The lowest BCUT2D eigenvalue weighted by molar-refractivity contribution is -0.124. The predicted molar refractivity (Wildman–Crippen MR) is 206 cm³/mol. The van der Waals surface area contributed by atoms with Crippen LogP contribution in [0, 0.1) is 11.3 Å². The molecule has 0 saturated heterocycles. The number of nitriles is 1. The smallest absolute Gasteiger partial charge is 0.262 e. The van der Waals surface area contributed by atoms with E-state index in [1.165, 1.54) is 11.6 Å². The van der Waals surface area contributed by atoms with Gasteiger partial charge in [0.1, 0.15) is 23.2 Å². The Morgan fingerprint density at radius 3 is 2.38 bits per heavy atom. The molecule has 11 nitrogen and oxygen atoms in total. The van der Waals surface area contributed by atoms with Crippen LogP contribution in [0.2, 0.25) is 0 Å². The Balaban J connectivity index is 1.27. The van der Waals surface area contributed by atoms with Gasteiger partial charge in [-0.3, -0.25) is 9.59 Å². The maximum Gasteiger partial charge on any atom is 0.262 e. The normalized spacial score (nSPS) is 11.8. The maximum atomic E-state index is 13.6. The monoisotopic (exact) mass is 706 g/mol. The first-order valence-electron chi connectivity index (χ1n) is 17.4. The zero-order valence-electron chi connectivity index (χ0n) is 30.0. The third-order valence-corrected chi connectivity index (χ3v) is 9.08. The van der Waals surface area contributed by atoms with E-state index >= 15 is 0 Å². The topological polar surface area (TPSA) is 141 Å². The Kier molecular flexibility index (Phi) is 11.6. The highest BCUT2D eigenvalue weighted by atomic mass is 16.5. The molecule has 0 spiro atoms. The molecule has 1 atom stereocenters. The van der Waals surface area contributed by atoms with Crippen molar-refractivity contribution in [1.29, 1.82) is 5.26 Å². The molecule has 0 fully saturated rings. The van der Waals surface area contributed by atoms with Crippen molar-refractivity contribution in [3.63, 3.8) is 0 Å². The Bertz CT molecular complexity index is 2230. The summed E-state index contributed by atoms with van der Waals surface area (Å²) in [6, 6.07) is 34.9. The molecule has 4 aromatic carbocycles. The molecule has 0 radical (unpaired) electrons. The molecule has 53 heavy (non-hydrogen) atoms. The summed E-state index contributed by atoms with van der Waals surface area (Å²) in [5.74, 6) is 1.06. The van der Waals surface area contributed by atoms with Crippen molar-refractivity contribution in [1.82, 2.24) is 30.4 Å². The standard InChI is InChI=1S/C42H42N8O3/c1-49(2)34-18-13-30(14-19-34)23-32(25-43)42(52)45-27-40(51)46-38(24-33-26-44-37-12-8-7-11-36(33)37)41-48-47-39(22-17-29-9-5-4-6-10-29)50(41)28-31-15-20-35(53-3)21-16-31/h4-16,18-21,23,26,38,44H,17,22,24,27-28H2,1-3H3,(H,45,52)(H,46,51)/b32-23+/t38-/m1/s1. The number of carbonyl (C=O) groups is 2. The van der Waals surface area contributed by atoms with E-state index in [0.717, 1.165) is 45.7 Å². The van der Waals surface area contributed by atoms with Crippen molar-refractivity contribution in [3.05, 3.63) is 149 Å². The van der Waals surface area contributed by atoms with Gasteiger partial charge in [0, 0.05) is 49.7 Å². The number of aromatic amines is 1. The summed E-state index contributed by atoms with van der Waals surface area (Å²) in [6.45, 7) is 0.134. The van der Waals surface area contributed by atoms with Crippen LogP contribution in [0.5, 0.6) is 5.75 Å². The minimum atomic E-state index is -0.640. The second kappa shape index (κ2) is 17.0. The summed E-state index contributed by atoms with van der Waals surface area (Å²) < 4.78 is 7.45. The number of rotatable bonds is 15. The first kappa shape index (κ1) is 36.1. The average Bonchev–Trinajstić information content (AvgIpc) is 3.79. The van der Waals surface area contributed by atoms with E-state index < -0.39 is 17.9 Å². The average molecular weight is 707 g/mol. The molecule has 268 valence electrons. The number of hydrogen-bond donors (Lipinski definition) is 3. The zero-order chi connectivity index (χ0) is 37.2. The molecular weight excluding hydrogens is 665 g/mol. The third-order valence-electron chi connectivity index (χ3n) is 9.08. The summed E-state index contributed by atoms with van der Waals surface area (Å²) >= 11 is 0. The van der Waals surface area contributed by atoms with E-state index in [-0.39, 0.29) is 12.1 Å². The van der Waals surface area contributed by atoms with E-state index in [1.54, 1.807) is 7.11 Å². The quantitative estimate of drug-likeness (QED) is 0.0907. The predicted octanol–water partition coefficient (Wildman–Crippen LogP) is 5.79. The zero-order valence-corrected chi connectivity index (χ0v) is 30.0. The van der Waals surface area contributed by atoms with Crippen molar-refractivity contribution < 1.29 is 14.3 Å². The molecule has 2 heterocycles. The van der Waals surface area contributed by atoms with Crippen molar-refractivity contribution >= 4 is 34.5 Å². The van der Waals surface area contributed by atoms with Gasteiger partial charge in [-0.15, -0.1) is 10.2 Å². The van der Waals surface area contributed by atoms with E-state index in [4.69, 9.17) is 9.84 Å². The lowest BCUT2D eigenvalue weighted by Crippen LogP contribution is -2.40. The maximum absolute atomic E-state index is 13.6. The van der Waals surface area contributed by atoms with E-state index in [0.29, 0.717) is 30.8 Å². The van der Waals surface area contributed by atoms with Crippen molar-refractivity contribution in [2.24, 2.45) is 0 Å². The summed E-state index contributed by atoms with van der Waals surface area (Å²) in [6.07, 6.45) is 5.27. The molecule has 3 N–H and O–H groups in total. The van der Waals surface area contributed by atoms with E-state index in [1.807, 2.05) is 122 Å². The summed E-state index contributed by atoms with van der Waals surface area (Å²) in [5.41, 5.74) is 5.77. The number of anilines is 1. The lowest BCUT2D eigenvalue weighted by Gasteiger charge is -2.20. The molecule has 11 heteroatoms. The largest absolute Gasteiger partial charge is 0.497 e. The fraction of sp³-hybridized carbons (Fsp3) is 0.214. The van der Waals surface area contributed by atoms with Crippen molar-refractivity contribution in [2.45, 2.75) is 31.8 Å². The van der Waals surface area contributed by atoms with Crippen LogP contribution in [0.3, 0.4) is 0 Å². The number of nitrogens with one attached hydrogen (secondary N) is 3. The number of fused-ring (bicyclic) bond motifs is 1. The Morgan fingerprint density at radius 1 is 0.925 bits per heavy atom. The number of ether oxygens (including phenoxy) is 1. The van der Waals surface area contributed by atoms with E-state index in [2.05, 4.69) is 37.4 Å². The molecular formula is C42H42N8O3. The van der Waals surface area contributed by atoms with Gasteiger partial charge in [0.05, 0.1) is 26.2 Å². The minimum Gasteiger partial charge on any atom is -0.497 e. The molecule has 6 rings (SSSR count). The van der Waals surface area contributed by atoms with Crippen molar-refractivity contribution in [3.8, 4) is 11.8 Å². The fourth-order valence-corrected chi connectivity index (χ4v) is 6.19. The first-order chi connectivity index (χ1) is 25.8. The number of benzene rings is 4. The van der Waals surface area contributed by atoms with Gasteiger partial charge in [-0.05, 0) is 65.1 Å². The highest BCUT2D eigenvalue weighted by molar-refractivity contribution is 6.03. The Hall–Kier alpha value is -6.67. The lowest BCUT2D eigenvalue weighted by atomic mass is 10.0. The molecule has 0 aliphatic rings. The van der Waals surface area contributed by atoms with Gasteiger partial charge >= 0.3 is 0 Å². The number of carbonyl (C=O) groups excluding carboxylic acids is 2. The van der Waals surface area contributed by atoms with Crippen LogP contribution in [0.25, 0.3) is 17.0 Å². The van der Waals surface area contributed by atoms with Gasteiger partial charge in [0.25, 0.3) is 5.91 Å². The van der Waals surface area contributed by atoms with Gasteiger partial charge in [-0.1, -0.05) is 72.8 Å². The van der Waals surface area contributed by atoms with Crippen molar-refractivity contribution in [2.75, 3.05) is 32.6 Å². The van der Waals surface area contributed by atoms with Gasteiger partial charge < -0.3 is 29.8 Å². The number of methoxy groups -OCH3 is 1. The number of para-hydroxylation sites is 1. The van der Waals surface area contributed by atoms with Crippen LogP contribution in [-0.4, -0.2) is 59.3 Å². The first-order valence-corrected chi connectivity index (χ1v) is 17.4. The van der Waals surface area contributed by atoms with Gasteiger partial charge in [-0.25, -0.2) is 0 Å². The summed E-state index contributed by atoms with van der Waals surface area (Å²) in [7, 11) is 5.51. The molecule has 0 aliphatic heterocycles. The number of hydrogen-bond acceptors (Lipinski definition) is 7. The number of aryl methyl sites for hydroxylation is 2. The Labute approximate surface area is 308 Å². The van der Waals surface area contributed by atoms with Crippen LogP contribution in [0.1, 0.15) is 39.9 Å². The molecule has 2 amide bonds. The highest BCUT2D eigenvalue weighted by Crippen LogP contribution is 2.26. The highest BCUT2D eigenvalue weighted by Gasteiger charge is 2.25. The molecule has 2 aromatic heterocycles. The Morgan fingerprint density at radius 2 is 1.66 bits per heavy atom. The molecule has 6 aromatic rings. The van der Waals surface area contributed by atoms with Gasteiger partial charge in [0.15, 0.2) is 5.82 Å². The van der Waals surface area contributed by atoms with Crippen LogP contribution in [-0.2, 0) is 35.4 Å². The molecule has 0 aliphatic carbocycles. The fourth-order valence-electron chi connectivity index (χ4n) is 6.19. The third kappa shape index (κ3) is 9.17. The molecule has 0 bridgehead atoms. The second-order valence-corrected chi connectivity index (χ2v) is 12.9. The minimum absolute atomic E-state index is 0.104. The van der Waals surface area contributed by atoms with Crippen LogP contribution in [0.4, 0.5) is 5.69 Å². The summed E-state index contributed by atoms with van der Waals surface area (Å²) in [5, 5.41) is 25.9. The SMILES string of the molecule is COc1ccc(Cn2c(CCc3ccccc3)nnc2[C@@H](Cc2c[nH]c3ccccc23)NC(=O)CNC(=O)/C(C#N)=C/c2ccc(N(C)C)cc2)cc1. The molecule has 0 saturated carbocycles. The van der Waals surface area contributed by atoms with Crippen LogP contribution in [0.15, 0.2) is 115 Å². The molecule has 0 unspecified atom stereocenters.